The van der Waals surface area contributed by atoms with Crippen molar-refractivity contribution in [1.29, 1.82) is 0 Å². The predicted octanol–water partition coefficient (Wildman–Crippen LogP) is 5.11. The molecule has 0 saturated heterocycles. The fourth-order valence-electron chi connectivity index (χ4n) is 2.78. The Morgan fingerprint density at radius 3 is 2.00 bits per heavy atom. The topological polar surface area (TPSA) is 58.9 Å². The van der Waals surface area contributed by atoms with Crippen molar-refractivity contribution in [2.75, 3.05) is 14.2 Å². The third-order valence-corrected chi connectivity index (χ3v) is 4.13. The minimum Gasteiger partial charge on any atom is -0.507 e. The Morgan fingerprint density at radius 1 is 0.654 bits per heavy atom. The second kappa shape index (κ2) is 7.66. The van der Waals surface area contributed by atoms with Gasteiger partial charge in [0, 0.05) is 16.8 Å². The lowest BCUT2D eigenvalue weighted by molar-refractivity contribution is 0.376. The summed E-state index contributed by atoms with van der Waals surface area (Å²) in [7, 11) is 3.13. The molecular weight excluding hydrogens is 328 g/mol. The Hall–Kier alpha value is -3.40. The second-order valence-electron chi connectivity index (χ2n) is 5.71. The molecule has 0 heterocycles. The highest BCUT2D eigenvalue weighted by molar-refractivity contribution is 5.90. The molecule has 0 atom stereocenters. The smallest absolute Gasteiger partial charge is 0.165 e. The van der Waals surface area contributed by atoms with Crippen molar-refractivity contribution in [3.05, 3.63) is 72.8 Å². The summed E-state index contributed by atoms with van der Waals surface area (Å²) in [5, 5.41) is 23.0. The number of methoxy groups -OCH3 is 2. The van der Waals surface area contributed by atoms with Gasteiger partial charge in [0.25, 0.3) is 0 Å². The van der Waals surface area contributed by atoms with Gasteiger partial charge >= 0.3 is 0 Å². The molecule has 0 aliphatic carbocycles. The quantitative estimate of drug-likeness (QED) is 0.529. The number of benzene rings is 4. The lowest BCUT2D eigenvalue weighted by Crippen LogP contribution is -1.83. The molecule has 4 aromatic carbocycles. The molecule has 4 nitrogen and oxygen atoms in total. The van der Waals surface area contributed by atoms with Gasteiger partial charge in [0.2, 0.25) is 0 Å². The van der Waals surface area contributed by atoms with Crippen molar-refractivity contribution < 1.29 is 19.7 Å². The van der Waals surface area contributed by atoms with Gasteiger partial charge in [-0.25, -0.2) is 0 Å². The largest absolute Gasteiger partial charge is 0.507 e. The number of hydrogen-bond acceptors (Lipinski definition) is 4. The van der Waals surface area contributed by atoms with E-state index in [1.54, 1.807) is 26.4 Å². The maximum Gasteiger partial charge on any atom is 0.165 e. The molecule has 0 fully saturated rings. The molecule has 0 aromatic heterocycles. The van der Waals surface area contributed by atoms with E-state index in [-0.39, 0.29) is 11.5 Å². The van der Waals surface area contributed by atoms with Crippen LogP contribution in [0.15, 0.2) is 72.8 Å². The number of phenolic OH excluding ortho intramolecular Hbond substituents is 2. The lowest BCUT2D eigenvalue weighted by Gasteiger charge is -2.05. The lowest BCUT2D eigenvalue weighted by atomic mass is 10.1. The molecule has 2 N–H and O–H groups in total. The van der Waals surface area contributed by atoms with Gasteiger partial charge in [0.15, 0.2) is 11.5 Å². The standard InChI is InChI=1S/2C11H10O2/c1-13-9-6-8-4-2-3-5-10(8)11(12)7-9;1-13-10-7-6-8-4-2-3-5-9(8)11(10)12/h2*2-7,12H,1H3. The van der Waals surface area contributed by atoms with Crippen LogP contribution in [0.3, 0.4) is 0 Å². The van der Waals surface area contributed by atoms with Crippen molar-refractivity contribution in [2.24, 2.45) is 0 Å². The fourth-order valence-corrected chi connectivity index (χ4v) is 2.78. The maximum absolute atomic E-state index is 9.72. The van der Waals surface area contributed by atoms with Crippen molar-refractivity contribution in [1.82, 2.24) is 0 Å². The van der Waals surface area contributed by atoms with E-state index in [0.29, 0.717) is 11.5 Å². The van der Waals surface area contributed by atoms with Gasteiger partial charge in [-0.05, 0) is 22.9 Å². The Kier molecular flexibility index (Phi) is 5.13. The summed E-state index contributed by atoms with van der Waals surface area (Å²) in [5.74, 6) is 1.66. The summed E-state index contributed by atoms with van der Waals surface area (Å²) in [6, 6.07) is 22.5. The zero-order valence-corrected chi connectivity index (χ0v) is 14.6. The van der Waals surface area contributed by atoms with E-state index in [2.05, 4.69) is 0 Å². The van der Waals surface area contributed by atoms with E-state index in [1.165, 1.54) is 0 Å². The van der Waals surface area contributed by atoms with Crippen LogP contribution in [0.1, 0.15) is 0 Å². The van der Waals surface area contributed by atoms with Gasteiger partial charge in [0.05, 0.1) is 14.2 Å². The highest BCUT2D eigenvalue weighted by Gasteiger charge is 2.04. The molecule has 4 rings (SSSR count). The summed E-state index contributed by atoms with van der Waals surface area (Å²) in [5.41, 5.74) is 0. The minimum atomic E-state index is 0.209. The molecule has 26 heavy (non-hydrogen) atoms. The Morgan fingerprint density at radius 2 is 1.31 bits per heavy atom. The molecule has 132 valence electrons. The van der Waals surface area contributed by atoms with Crippen LogP contribution in [0.2, 0.25) is 0 Å². The third kappa shape index (κ3) is 3.49. The Bertz CT molecular complexity index is 1040. The molecule has 4 heteroatoms. The van der Waals surface area contributed by atoms with Crippen LogP contribution in [-0.4, -0.2) is 24.4 Å². The van der Waals surface area contributed by atoms with Gasteiger partial charge in [-0.1, -0.05) is 54.6 Å². The molecule has 0 bridgehead atoms. The fraction of sp³-hybridized carbons (Fsp3) is 0.0909. The van der Waals surface area contributed by atoms with Crippen LogP contribution < -0.4 is 9.47 Å². The molecule has 0 spiro atoms. The number of ether oxygens (including phenoxy) is 2. The second-order valence-corrected chi connectivity index (χ2v) is 5.71. The Labute approximate surface area is 151 Å². The number of phenols is 2. The van der Waals surface area contributed by atoms with E-state index < -0.39 is 0 Å². The molecule has 0 radical (unpaired) electrons. The first-order valence-electron chi connectivity index (χ1n) is 8.14. The molecule has 0 aliphatic heterocycles. The first-order valence-corrected chi connectivity index (χ1v) is 8.14. The predicted molar refractivity (Wildman–Crippen MR) is 104 cm³/mol. The number of hydrogen-bond donors (Lipinski definition) is 2. The molecular formula is C22H20O4. The summed E-state index contributed by atoms with van der Waals surface area (Å²) >= 11 is 0. The van der Waals surface area contributed by atoms with Crippen molar-refractivity contribution in [3.8, 4) is 23.0 Å². The van der Waals surface area contributed by atoms with Gasteiger partial charge in [-0.2, -0.15) is 0 Å². The molecule has 0 unspecified atom stereocenters. The summed E-state index contributed by atoms with van der Waals surface area (Å²) < 4.78 is 10.0. The van der Waals surface area contributed by atoms with Crippen LogP contribution in [0.4, 0.5) is 0 Å². The van der Waals surface area contributed by atoms with Crippen molar-refractivity contribution in [3.63, 3.8) is 0 Å². The summed E-state index contributed by atoms with van der Waals surface area (Å²) in [4.78, 5) is 0. The molecule has 0 aliphatic rings. The van der Waals surface area contributed by atoms with Crippen LogP contribution in [0.25, 0.3) is 21.5 Å². The SMILES string of the molecule is COc1cc(O)c2ccccc2c1.COc1ccc2ccccc2c1O. The van der Waals surface area contributed by atoms with E-state index in [1.807, 2.05) is 60.7 Å². The summed E-state index contributed by atoms with van der Waals surface area (Å²) in [6.45, 7) is 0. The first kappa shape index (κ1) is 17.4. The van der Waals surface area contributed by atoms with Gasteiger partial charge in [-0.15, -0.1) is 0 Å². The molecule has 4 aromatic rings. The average molecular weight is 348 g/mol. The monoisotopic (exact) mass is 348 g/mol. The number of fused-ring (bicyclic) bond motifs is 2. The zero-order chi connectivity index (χ0) is 18.5. The van der Waals surface area contributed by atoms with Crippen LogP contribution >= 0.6 is 0 Å². The van der Waals surface area contributed by atoms with E-state index >= 15 is 0 Å². The van der Waals surface area contributed by atoms with Crippen LogP contribution in [0, 0.1) is 0 Å². The minimum absolute atomic E-state index is 0.209. The van der Waals surface area contributed by atoms with Gasteiger partial charge in [-0.3, -0.25) is 0 Å². The highest BCUT2D eigenvalue weighted by atomic mass is 16.5. The third-order valence-electron chi connectivity index (χ3n) is 4.13. The van der Waals surface area contributed by atoms with Crippen molar-refractivity contribution >= 4 is 21.5 Å². The number of rotatable bonds is 2. The highest BCUT2D eigenvalue weighted by Crippen LogP contribution is 2.33. The maximum atomic E-state index is 9.72. The zero-order valence-electron chi connectivity index (χ0n) is 14.6. The Balaban J connectivity index is 0.000000151. The number of aromatic hydroxyl groups is 2. The average Bonchev–Trinajstić information content (AvgIpc) is 2.69. The molecule has 0 saturated carbocycles. The van der Waals surface area contributed by atoms with E-state index in [9.17, 15) is 10.2 Å². The first-order chi connectivity index (χ1) is 12.6. The van der Waals surface area contributed by atoms with Crippen molar-refractivity contribution in [2.45, 2.75) is 0 Å². The normalized spacial score (nSPS) is 10.2. The van der Waals surface area contributed by atoms with Crippen LogP contribution in [-0.2, 0) is 0 Å². The van der Waals surface area contributed by atoms with Crippen LogP contribution in [0.5, 0.6) is 23.0 Å². The molecule has 0 amide bonds. The van der Waals surface area contributed by atoms with Gasteiger partial charge in [0.1, 0.15) is 11.5 Å². The van der Waals surface area contributed by atoms with Gasteiger partial charge < -0.3 is 19.7 Å². The van der Waals surface area contributed by atoms with E-state index in [4.69, 9.17) is 9.47 Å². The van der Waals surface area contributed by atoms with E-state index in [0.717, 1.165) is 21.5 Å². The summed E-state index contributed by atoms with van der Waals surface area (Å²) in [6.07, 6.45) is 0.